The van der Waals surface area contributed by atoms with Crippen molar-refractivity contribution in [2.24, 2.45) is 11.7 Å². The maximum absolute atomic E-state index is 13.0. The lowest BCUT2D eigenvalue weighted by atomic mass is 10.1. The molecule has 0 saturated carbocycles. The standard InChI is InChI=1S/C11H13FN2S/c1-6(2)10(13)11-14-8-4-3-7(12)5-9(8)15-11/h3-6,10H,13H2,1-2H3/t10-/m1/s1. The van der Waals surface area contributed by atoms with Gasteiger partial charge in [-0.1, -0.05) is 13.8 Å². The minimum Gasteiger partial charge on any atom is -0.322 e. The summed E-state index contributed by atoms with van der Waals surface area (Å²) in [6.07, 6.45) is 0. The molecule has 0 spiro atoms. The molecule has 2 nitrogen and oxygen atoms in total. The second kappa shape index (κ2) is 3.87. The third-order valence-corrected chi connectivity index (χ3v) is 3.49. The number of aromatic nitrogens is 1. The average molecular weight is 224 g/mol. The summed E-state index contributed by atoms with van der Waals surface area (Å²) in [5.41, 5.74) is 6.82. The Labute approximate surface area is 91.9 Å². The first-order valence-electron chi connectivity index (χ1n) is 4.89. The fraction of sp³-hybridized carbons (Fsp3) is 0.364. The molecular weight excluding hydrogens is 211 g/mol. The van der Waals surface area contributed by atoms with Crippen molar-refractivity contribution in [2.45, 2.75) is 19.9 Å². The van der Waals surface area contributed by atoms with Crippen LogP contribution in [0.2, 0.25) is 0 Å². The van der Waals surface area contributed by atoms with Gasteiger partial charge in [0.2, 0.25) is 0 Å². The number of benzene rings is 1. The molecule has 2 rings (SSSR count). The third kappa shape index (κ3) is 2.01. The minimum atomic E-state index is -0.226. The first-order chi connectivity index (χ1) is 7.08. The van der Waals surface area contributed by atoms with Crippen LogP contribution in [-0.4, -0.2) is 4.98 Å². The number of halogens is 1. The maximum atomic E-state index is 13.0. The molecule has 0 unspecified atom stereocenters. The van der Waals surface area contributed by atoms with Gasteiger partial charge in [-0.15, -0.1) is 11.3 Å². The summed E-state index contributed by atoms with van der Waals surface area (Å²) >= 11 is 1.47. The normalized spacial score (nSPS) is 13.7. The molecule has 1 heterocycles. The van der Waals surface area contributed by atoms with E-state index in [-0.39, 0.29) is 11.9 Å². The molecule has 2 N–H and O–H groups in total. The smallest absolute Gasteiger partial charge is 0.124 e. The van der Waals surface area contributed by atoms with Crippen molar-refractivity contribution in [3.8, 4) is 0 Å². The summed E-state index contributed by atoms with van der Waals surface area (Å²) in [6, 6.07) is 4.55. The van der Waals surface area contributed by atoms with Crippen LogP contribution in [0.3, 0.4) is 0 Å². The molecule has 0 aliphatic rings. The molecule has 1 aromatic carbocycles. The van der Waals surface area contributed by atoms with E-state index in [1.54, 1.807) is 6.07 Å². The van der Waals surface area contributed by atoms with Crippen molar-refractivity contribution in [1.82, 2.24) is 4.98 Å². The Bertz CT molecular complexity index is 478. The highest BCUT2D eigenvalue weighted by Gasteiger charge is 2.15. The first kappa shape index (κ1) is 10.5. The zero-order chi connectivity index (χ0) is 11.0. The lowest BCUT2D eigenvalue weighted by Gasteiger charge is -2.11. The van der Waals surface area contributed by atoms with Gasteiger partial charge in [-0.2, -0.15) is 0 Å². The van der Waals surface area contributed by atoms with Crippen LogP contribution >= 0.6 is 11.3 Å². The number of nitrogens with zero attached hydrogens (tertiary/aromatic N) is 1. The monoisotopic (exact) mass is 224 g/mol. The van der Waals surface area contributed by atoms with E-state index in [4.69, 9.17) is 5.73 Å². The van der Waals surface area contributed by atoms with Gasteiger partial charge in [0, 0.05) is 0 Å². The van der Waals surface area contributed by atoms with Gasteiger partial charge in [0.25, 0.3) is 0 Å². The van der Waals surface area contributed by atoms with Crippen molar-refractivity contribution in [2.75, 3.05) is 0 Å². The fourth-order valence-corrected chi connectivity index (χ4v) is 2.51. The van der Waals surface area contributed by atoms with Crippen LogP contribution in [0, 0.1) is 11.7 Å². The maximum Gasteiger partial charge on any atom is 0.124 e. The summed E-state index contributed by atoms with van der Waals surface area (Å²) in [5, 5.41) is 0.880. The second-order valence-corrected chi connectivity index (χ2v) is 5.00. The van der Waals surface area contributed by atoms with Crippen LogP contribution in [0.25, 0.3) is 10.2 Å². The van der Waals surface area contributed by atoms with Crippen LogP contribution in [0.15, 0.2) is 18.2 Å². The van der Waals surface area contributed by atoms with Gasteiger partial charge >= 0.3 is 0 Å². The number of rotatable bonds is 2. The minimum absolute atomic E-state index is 0.0644. The van der Waals surface area contributed by atoms with Gasteiger partial charge < -0.3 is 5.73 Å². The van der Waals surface area contributed by atoms with E-state index in [1.165, 1.54) is 23.5 Å². The molecule has 0 aliphatic heterocycles. The predicted octanol–water partition coefficient (Wildman–Crippen LogP) is 3.09. The largest absolute Gasteiger partial charge is 0.322 e. The van der Waals surface area contributed by atoms with Gasteiger partial charge in [-0.25, -0.2) is 9.37 Å². The molecule has 0 saturated heterocycles. The number of hydrogen-bond acceptors (Lipinski definition) is 3. The van der Waals surface area contributed by atoms with Gasteiger partial charge in [0.05, 0.1) is 16.3 Å². The molecule has 0 aliphatic carbocycles. The second-order valence-electron chi connectivity index (χ2n) is 3.93. The first-order valence-corrected chi connectivity index (χ1v) is 5.71. The van der Waals surface area contributed by atoms with E-state index in [2.05, 4.69) is 18.8 Å². The molecule has 2 aromatic rings. The van der Waals surface area contributed by atoms with E-state index in [1.807, 2.05) is 0 Å². The van der Waals surface area contributed by atoms with E-state index in [0.717, 1.165) is 15.2 Å². The van der Waals surface area contributed by atoms with Crippen LogP contribution in [0.5, 0.6) is 0 Å². The Morgan fingerprint density at radius 1 is 1.40 bits per heavy atom. The predicted molar refractivity (Wildman–Crippen MR) is 61.3 cm³/mol. The van der Waals surface area contributed by atoms with E-state index >= 15 is 0 Å². The zero-order valence-electron chi connectivity index (χ0n) is 8.70. The number of fused-ring (bicyclic) bond motifs is 1. The van der Waals surface area contributed by atoms with Crippen LogP contribution in [0.4, 0.5) is 4.39 Å². The van der Waals surface area contributed by atoms with E-state index < -0.39 is 0 Å². The van der Waals surface area contributed by atoms with Crippen molar-refractivity contribution in [1.29, 1.82) is 0 Å². The topological polar surface area (TPSA) is 38.9 Å². The Morgan fingerprint density at radius 3 is 2.80 bits per heavy atom. The van der Waals surface area contributed by atoms with Crippen molar-refractivity contribution < 1.29 is 4.39 Å². The van der Waals surface area contributed by atoms with Gasteiger partial charge in [-0.05, 0) is 24.1 Å². The highest BCUT2D eigenvalue weighted by atomic mass is 32.1. The van der Waals surface area contributed by atoms with Gasteiger partial charge in [0.15, 0.2) is 0 Å². The quantitative estimate of drug-likeness (QED) is 0.851. The third-order valence-electron chi connectivity index (χ3n) is 2.37. The van der Waals surface area contributed by atoms with E-state index in [0.29, 0.717) is 5.92 Å². The lowest BCUT2D eigenvalue weighted by Crippen LogP contribution is -2.16. The van der Waals surface area contributed by atoms with Gasteiger partial charge in [-0.3, -0.25) is 0 Å². The number of nitrogens with two attached hydrogens (primary N) is 1. The number of thiazole rings is 1. The van der Waals surface area contributed by atoms with Crippen LogP contribution < -0.4 is 5.73 Å². The fourth-order valence-electron chi connectivity index (χ4n) is 1.34. The summed E-state index contributed by atoms with van der Waals surface area (Å²) in [7, 11) is 0. The molecule has 0 bridgehead atoms. The molecule has 15 heavy (non-hydrogen) atoms. The molecule has 1 aromatic heterocycles. The Balaban J connectivity index is 2.47. The average Bonchev–Trinajstić information content (AvgIpc) is 2.58. The Kier molecular flexibility index (Phi) is 2.71. The lowest BCUT2D eigenvalue weighted by molar-refractivity contribution is 0.513. The van der Waals surface area contributed by atoms with E-state index in [9.17, 15) is 4.39 Å². The number of hydrogen-bond donors (Lipinski definition) is 1. The summed E-state index contributed by atoms with van der Waals surface area (Å²) in [6.45, 7) is 4.11. The molecule has 1 atom stereocenters. The summed E-state index contributed by atoms with van der Waals surface area (Å²) in [4.78, 5) is 4.40. The van der Waals surface area contributed by atoms with Crippen molar-refractivity contribution >= 4 is 21.6 Å². The molecular formula is C11H13FN2S. The van der Waals surface area contributed by atoms with Crippen LogP contribution in [-0.2, 0) is 0 Å². The molecule has 0 radical (unpaired) electrons. The molecule has 0 fully saturated rings. The molecule has 80 valence electrons. The highest BCUT2D eigenvalue weighted by Crippen LogP contribution is 2.28. The van der Waals surface area contributed by atoms with Crippen molar-refractivity contribution in [3.63, 3.8) is 0 Å². The van der Waals surface area contributed by atoms with Crippen LogP contribution in [0.1, 0.15) is 24.9 Å². The van der Waals surface area contributed by atoms with Crippen molar-refractivity contribution in [3.05, 3.63) is 29.0 Å². The molecule has 0 amide bonds. The molecule has 4 heteroatoms. The Morgan fingerprint density at radius 2 is 2.13 bits per heavy atom. The highest BCUT2D eigenvalue weighted by molar-refractivity contribution is 7.18. The SMILES string of the molecule is CC(C)[C@@H](N)c1nc2ccc(F)cc2s1. The zero-order valence-corrected chi connectivity index (χ0v) is 9.51. The summed E-state index contributed by atoms with van der Waals surface area (Å²) < 4.78 is 13.8. The van der Waals surface area contributed by atoms with Gasteiger partial charge in [0.1, 0.15) is 10.8 Å². The summed E-state index contributed by atoms with van der Waals surface area (Å²) in [5.74, 6) is 0.117. The Hall–Kier alpha value is -1.000.